The van der Waals surface area contributed by atoms with Crippen LogP contribution in [-0.4, -0.2) is 24.4 Å². The predicted molar refractivity (Wildman–Crippen MR) is 55.7 cm³/mol. The van der Waals surface area contributed by atoms with Gasteiger partial charge in [-0.05, 0) is 18.3 Å². The van der Waals surface area contributed by atoms with Crippen LogP contribution in [0.25, 0.3) is 0 Å². The zero-order valence-corrected chi connectivity index (χ0v) is 9.63. The van der Waals surface area contributed by atoms with Crippen molar-refractivity contribution in [2.24, 2.45) is 11.8 Å². The van der Waals surface area contributed by atoms with Gasteiger partial charge in [0.25, 0.3) is 0 Å². The lowest BCUT2D eigenvalue weighted by molar-refractivity contribution is -0.103. The van der Waals surface area contributed by atoms with Crippen molar-refractivity contribution in [3.8, 4) is 0 Å². The Hall–Kier alpha value is -0.0800. The number of rotatable bonds is 6. The van der Waals surface area contributed by atoms with Gasteiger partial charge in [-0.15, -0.1) is 0 Å². The number of methoxy groups -OCH3 is 1. The molecule has 0 aromatic heterocycles. The topological polar surface area (TPSA) is 29.5 Å². The highest BCUT2D eigenvalue weighted by atomic mass is 16.5. The molecule has 2 heteroatoms. The highest BCUT2D eigenvalue weighted by molar-refractivity contribution is 4.86. The molecular weight excluding hydrogens is 164 g/mol. The molecule has 0 heterocycles. The lowest BCUT2D eigenvalue weighted by atomic mass is 9.78. The van der Waals surface area contributed by atoms with Crippen molar-refractivity contribution in [1.82, 2.24) is 0 Å². The van der Waals surface area contributed by atoms with E-state index in [0.717, 1.165) is 12.8 Å². The summed E-state index contributed by atoms with van der Waals surface area (Å²) >= 11 is 0. The maximum Gasteiger partial charge on any atom is 0.0927 e. The number of hydrogen-bond acceptors (Lipinski definition) is 2. The molecule has 2 nitrogen and oxygen atoms in total. The van der Waals surface area contributed by atoms with Gasteiger partial charge in [-0.1, -0.05) is 34.1 Å². The minimum atomic E-state index is -0.662. The van der Waals surface area contributed by atoms with Crippen molar-refractivity contribution in [3.63, 3.8) is 0 Å². The SMILES string of the molecule is CCCC(C)C(O)(COC)C(C)C. The molecule has 0 aliphatic carbocycles. The zero-order chi connectivity index (χ0) is 10.5. The van der Waals surface area contributed by atoms with Crippen molar-refractivity contribution in [1.29, 1.82) is 0 Å². The fraction of sp³-hybridized carbons (Fsp3) is 1.00. The first-order valence-electron chi connectivity index (χ1n) is 5.20. The lowest BCUT2D eigenvalue weighted by Crippen LogP contribution is -2.46. The van der Waals surface area contributed by atoms with E-state index in [1.807, 2.05) is 13.8 Å². The molecule has 0 radical (unpaired) electrons. The van der Waals surface area contributed by atoms with E-state index in [1.54, 1.807) is 7.11 Å². The summed E-state index contributed by atoms with van der Waals surface area (Å²) in [5, 5.41) is 10.4. The van der Waals surface area contributed by atoms with Gasteiger partial charge in [0.1, 0.15) is 0 Å². The van der Waals surface area contributed by atoms with Crippen LogP contribution in [0.4, 0.5) is 0 Å². The van der Waals surface area contributed by atoms with Gasteiger partial charge in [0.15, 0.2) is 0 Å². The first-order chi connectivity index (χ1) is 5.99. The van der Waals surface area contributed by atoms with E-state index in [4.69, 9.17) is 4.74 Å². The van der Waals surface area contributed by atoms with Crippen LogP contribution in [0.2, 0.25) is 0 Å². The average molecular weight is 188 g/mol. The normalized spacial score (nSPS) is 18.7. The Labute approximate surface area is 82.3 Å². The fourth-order valence-corrected chi connectivity index (χ4v) is 1.79. The van der Waals surface area contributed by atoms with E-state index >= 15 is 0 Å². The standard InChI is InChI=1S/C11H24O2/c1-6-7-10(4)11(12,8-13-5)9(2)3/h9-10,12H,6-8H2,1-5H3. The molecule has 0 aromatic carbocycles. The Balaban J connectivity index is 4.37. The van der Waals surface area contributed by atoms with E-state index in [1.165, 1.54) is 0 Å². The van der Waals surface area contributed by atoms with Crippen molar-refractivity contribution >= 4 is 0 Å². The third-order valence-corrected chi connectivity index (χ3v) is 2.95. The molecule has 0 aliphatic heterocycles. The molecule has 0 saturated carbocycles. The average Bonchev–Trinajstić information content (AvgIpc) is 2.04. The van der Waals surface area contributed by atoms with E-state index < -0.39 is 5.60 Å². The number of hydrogen-bond donors (Lipinski definition) is 1. The molecule has 0 bridgehead atoms. The van der Waals surface area contributed by atoms with Gasteiger partial charge in [-0.2, -0.15) is 0 Å². The maximum absolute atomic E-state index is 10.4. The minimum absolute atomic E-state index is 0.244. The van der Waals surface area contributed by atoms with Gasteiger partial charge in [-0.25, -0.2) is 0 Å². The highest BCUT2D eigenvalue weighted by Gasteiger charge is 2.36. The first kappa shape index (κ1) is 12.9. The van der Waals surface area contributed by atoms with Gasteiger partial charge < -0.3 is 9.84 Å². The summed E-state index contributed by atoms with van der Waals surface area (Å²) in [6, 6.07) is 0. The van der Waals surface area contributed by atoms with Gasteiger partial charge in [-0.3, -0.25) is 0 Å². The molecule has 1 N–H and O–H groups in total. The van der Waals surface area contributed by atoms with Crippen LogP contribution in [0.5, 0.6) is 0 Å². The first-order valence-corrected chi connectivity index (χ1v) is 5.20. The summed E-state index contributed by atoms with van der Waals surface area (Å²) in [5.74, 6) is 0.548. The Morgan fingerprint density at radius 3 is 2.15 bits per heavy atom. The van der Waals surface area contributed by atoms with Crippen LogP contribution in [0.1, 0.15) is 40.5 Å². The second-order valence-electron chi connectivity index (χ2n) is 4.27. The van der Waals surface area contributed by atoms with Crippen molar-refractivity contribution in [2.75, 3.05) is 13.7 Å². The molecule has 0 aromatic rings. The summed E-state index contributed by atoms with van der Waals surface area (Å²) in [7, 11) is 1.64. The molecule has 0 aliphatic rings. The van der Waals surface area contributed by atoms with E-state index in [2.05, 4.69) is 13.8 Å². The number of ether oxygens (including phenoxy) is 1. The Kier molecular flexibility index (Phi) is 5.57. The maximum atomic E-state index is 10.4. The number of aliphatic hydroxyl groups is 1. The summed E-state index contributed by atoms with van der Waals surface area (Å²) in [4.78, 5) is 0. The Morgan fingerprint density at radius 2 is 1.85 bits per heavy atom. The van der Waals surface area contributed by atoms with Crippen LogP contribution in [0, 0.1) is 11.8 Å². The van der Waals surface area contributed by atoms with Gasteiger partial charge in [0.05, 0.1) is 12.2 Å². The van der Waals surface area contributed by atoms with Crippen LogP contribution in [0.3, 0.4) is 0 Å². The molecule has 13 heavy (non-hydrogen) atoms. The summed E-state index contributed by atoms with van der Waals surface area (Å²) in [6.07, 6.45) is 2.16. The van der Waals surface area contributed by atoms with Crippen LogP contribution in [0.15, 0.2) is 0 Å². The third kappa shape index (κ3) is 3.28. The van der Waals surface area contributed by atoms with Crippen LogP contribution >= 0.6 is 0 Å². The minimum Gasteiger partial charge on any atom is -0.387 e. The van der Waals surface area contributed by atoms with E-state index in [-0.39, 0.29) is 5.92 Å². The molecule has 0 saturated heterocycles. The molecule has 0 rings (SSSR count). The summed E-state index contributed by atoms with van der Waals surface area (Å²) < 4.78 is 5.09. The molecule has 2 unspecified atom stereocenters. The molecule has 0 amide bonds. The molecule has 0 spiro atoms. The van der Waals surface area contributed by atoms with Crippen molar-refractivity contribution in [3.05, 3.63) is 0 Å². The molecule has 80 valence electrons. The monoisotopic (exact) mass is 188 g/mol. The Bertz CT molecular complexity index is 134. The molecule has 0 fully saturated rings. The predicted octanol–water partition coefficient (Wildman–Crippen LogP) is 2.46. The van der Waals surface area contributed by atoms with Crippen LogP contribution < -0.4 is 0 Å². The fourth-order valence-electron chi connectivity index (χ4n) is 1.79. The summed E-state index contributed by atoms with van der Waals surface area (Å²) in [5.41, 5.74) is -0.662. The smallest absolute Gasteiger partial charge is 0.0927 e. The van der Waals surface area contributed by atoms with Crippen LogP contribution in [-0.2, 0) is 4.74 Å². The van der Waals surface area contributed by atoms with Gasteiger partial charge >= 0.3 is 0 Å². The molecule has 2 atom stereocenters. The Morgan fingerprint density at radius 1 is 1.31 bits per heavy atom. The van der Waals surface area contributed by atoms with Gasteiger partial charge in [0, 0.05) is 7.11 Å². The van der Waals surface area contributed by atoms with E-state index in [9.17, 15) is 5.11 Å². The largest absolute Gasteiger partial charge is 0.387 e. The van der Waals surface area contributed by atoms with Crippen molar-refractivity contribution in [2.45, 2.75) is 46.1 Å². The van der Waals surface area contributed by atoms with Crippen molar-refractivity contribution < 1.29 is 9.84 Å². The summed E-state index contributed by atoms with van der Waals surface area (Å²) in [6.45, 7) is 8.77. The van der Waals surface area contributed by atoms with Gasteiger partial charge in [0.2, 0.25) is 0 Å². The molecular formula is C11H24O2. The highest BCUT2D eigenvalue weighted by Crippen LogP contribution is 2.29. The second kappa shape index (κ2) is 5.61. The third-order valence-electron chi connectivity index (χ3n) is 2.95. The van der Waals surface area contributed by atoms with E-state index in [0.29, 0.717) is 12.5 Å². The lowest BCUT2D eigenvalue weighted by Gasteiger charge is -2.37. The quantitative estimate of drug-likeness (QED) is 0.694. The second-order valence-corrected chi connectivity index (χ2v) is 4.27. The zero-order valence-electron chi connectivity index (χ0n) is 9.63.